The number of amides is 1. The van der Waals surface area contributed by atoms with Gasteiger partial charge >= 0.3 is 0 Å². The Hall–Kier alpha value is -2.28. The number of carbonyl (C=O) groups is 1. The van der Waals surface area contributed by atoms with Gasteiger partial charge in [-0.2, -0.15) is 0 Å². The smallest absolute Gasteiger partial charge is 0.224 e. The van der Waals surface area contributed by atoms with Crippen molar-refractivity contribution in [3.8, 4) is 0 Å². The van der Waals surface area contributed by atoms with Crippen molar-refractivity contribution < 1.29 is 19.4 Å². The zero-order chi connectivity index (χ0) is 20.5. The number of anilines is 1. The van der Waals surface area contributed by atoms with E-state index in [2.05, 4.69) is 11.0 Å². The van der Waals surface area contributed by atoms with Gasteiger partial charge in [0, 0.05) is 43.2 Å². The van der Waals surface area contributed by atoms with Crippen molar-refractivity contribution in [1.29, 1.82) is 0 Å². The summed E-state index contributed by atoms with van der Waals surface area (Å²) in [6.07, 6.45) is 1.64. The largest absolute Gasteiger partial charge is 0.395 e. The lowest BCUT2D eigenvalue weighted by Crippen LogP contribution is -2.36. The first-order chi connectivity index (χ1) is 14.1. The molecule has 0 spiro atoms. The Kier molecular flexibility index (Phi) is 5.67. The third kappa shape index (κ3) is 3.35. The Morgan fingerprint density at radius 2 is 1.76 bits per heavy atom. The minimum absolute atomic E-state index is 0.0202. The van der Waals surface area contributed by atoms with Crippen LogP contribution in [0.5, 0.6) is 0 Å². The molecule has 5 nitrogen and oxygen atoms in total. The van der Waals surface area contributed by atoms with Gasteiger partial charge in [-0.3, -0.25) is 9.69 Å². The van der Waals surface area contributed by atoms with Crippen molar-refractivity contribution in [2.45, 2.75) is 37.8 Å². The fourth-order valence-corrected chi connectivity index (χ4v) is 5.25. The first-order valence-corrected chi connectivity index (χ1v) is 10.2. The minimum atomic E-state index is -0.352. The van der Waals surface area contributed by atoms with E-state index >= 15 is 0 Å². The highest BCUT2D eigenvalue weighted by Crippen LogP contribution is 2.57. The molecule has 29 heavy (non-hydrogen) atoms. The van der Waals surface area contributed by atoms with Gasteiger partial charge in [0.1, 0.15) is 5.82 Å². The van der Waals surface area contributed by atoms with E-state index in [0.717, 1.165) is 29.7 Å². The van der Waals surface area contributed by atoms with Gasteiger partial charge in [0.25, 0.3) is 0 Å². The molecule has 1 amide bonds. The van der Waals surface area contributed by atoms with Gasteiger partial charge < -0.3 is 15.1 Å². The van der Waals surface area contributed by atoms with Crippen molar-refractivity contribution in [2.24, 2.45) is 0 Å². The third-order valence-electron chi connectivity index (χ3n) is 6.29. The molecule has 4 rings (SSSR count). The normalized spacial score (nSPS) is 22.8. The summed E-state index contributed by atoms with van der Waals surface area (Å²) >= 11 is 0. The van der Waals surface area contributed by atoms with Crippen molar-refractivity contribution in [2.75, 3.05) is 31.2 Å². The molecule has 2 aromatic rings. The van der Waals surface area contributed by atoms with E-state index in [1.807, 2.05) is 18.2 Å². The third-order valence-corrected chi connectivity index (χ3v) is 6.29. The quantitative estimate of drug-likeness (QED) is 0.785. The zero-order valence-corrected chi connectivity index (χ0v) is 16.6. The SMILES string of the molecule is CC(=O)N1c2cccc3c2C(CCC3N(CCO)CCO)C1c1ccccc1F. The summed E-state index contributed by atoms with van der Waals surface area (Å²) in [4.78, 5) is 16.5. The molecule has 0 saturated heterocycles. The molecular formula is C23H27FN2O3. The van der Waals surface area contributed by atoms with Crippen LogP contribution in [0.2, 0.25) is 0 Å². The Labute approximate surface area is 170 Å². The lowest BCUT2D eigenvalue weighted by atomic mass is 9.76. The van der Waals surface area contributed by atoms with Crippen molar-refractivity contribution in [3.05, 3.63) is 65.0 Å². The number of nitrogens with zero attached hydrogens (tertiary/aromatic N) is 2. The summed E-state index contributed by atoms with van der Waals surface area (Å²) in [7, 11) is 0. The van der Waals surface area contributed by atoms with E-state index in [1.165, 1.54) is 13.0 Å². The fourth-order valence-electron chi connectivity index (χ4n) is 5.25. The van der Waals surface area contributed by atoms with Gasteiger partial charge in [-0.05, 0) is 36.1 Å². The van der Waals surface area contributed by atoms with Gasteiger partial charge in [0.15, 0.2) is 0 Å². The summed E-state index contributed by atoms with van der Waals surface area (Å²) in [5.74, 6) is -0.356. The van der Waals surface area contributed by atoms with E-state index in [9.17, 15) is 19.4 Å². The number of aliphatic hydroxyl groups is 2. The molecule has 3 unspecified atom stereocenters. The highest BCUT2D eigenvalue weighted by molar-refractivity contribution is 5.96. The Balaban J connectivity index is 1.83. The molecule has 1 aliphatic heterocycles. The van der Waals surface area contributed by atoms with Crippen LogP contribution in [-0.4, -0.2) is 47.3 Å². The lowest BCUT2D eigenvalue weighted by molar-refractivity contribution is -0.117. The molecule has 0 fully saturated rings. The fraction of sp³-hybridized carbons (Fsp3) is 0.435. The van der Waals surface area contributed by atoms with Crippen LogP contribution in [0.15, 0.2) is 42.5 Å². The predicted octanol–water partition coefficient (Wildman–Crippen LogP) is 3.14. The van der Waals surface area contributed by atoms with Crippen LogP contribution in [0, 0.1) is 5.82 Å². The number of carbonyl (C=O) groups excluding carboxylic acids is 1. The van der Waals surface area contributed by atoms with E-state index in [4.69, 9.17) is 0 Å². The van der Waals surface area contributed by atoms with Gasteiger partial charge in [-0.1, -0.05) is 30.3 Å². The van der Waals surface area contributed by atoms with Crippen LogP contribution in [0.3, 0.4) is 0 Å². The van der Waals surface area contributed by atoms with Gasteiger partial charge in [0.2, 0.25) is 5.91 Å². The first kappa shape index (κ1) is 20.0. The summed E-state index contributed by atoms with van der Waals surface area (Å²) in [5.41, 5.74) is 3.63. The number of rotatable bonds is 6. The van der Waals surface area contributed by atoms with Gasteiger partial charge in [0.05, 0.1) is 19.3 Å². The van der Waals surface area contributed by atoms with E-state index < -0.39 is 0 Å². The first-order valence-electron chi connectivity index (χ1n) is 10.2. The summed E-state index contributed by atoms with van der Waals surface area (Å²) in [6, 6.07) is 12.4. The summed E-state index contributed by atoms with van der Waals surface area (Å²) in [5, 5.41) is 19.0. The predicted molar refractivity (Wildman–Crippen MR) is 109 cm³/mol. The number of aliphatic hydroxyl groups excluding tert-OH is 2. The maximum absolute atomic E-state index is 14.7. The number of hydrogen-bond donors (Lipinski definition) is 2. The van der Waals surface area contributed by atoms with E-state index in [0.29, 0.717) is 18.7 Å². The molecule has 2 aliphatic rings. The van der Waals surface area contributed by atoms with E-state index in [-0.39, 0.29) is 42.9 Å². The minimum Gasteiger partial charge on any atom is -0.395 e. The second-order valence-corrected chi connectivity index (χ2v) is 7.82. The highest BCUT2D eigenvalue weighted by atomic mass is 19.1. The zero-order valence-electron chi connectivity index (χ0n) is 16.6. The van der Waals surface area contributed by atoms with Crippen molar-refractivity contribution in [3.63, 3.8) is 0 Å². The van der Waals surface area contributed by atoms with Crippen molar-refractivity contribution >= 4 is 11.6 Å². The van der Waals surface area contributed by atoms with Crippen LogP contribution < -0.4 is 4.90 Å². The molecule has 154 valence electrons. The van der Waals surface area contributed by atoms with Crippen LogP contribution in [0.4, 0.5) is 10.1 Å². The molecule has 3 atom stereocenters. The molecule has 0 aromatic heterocycles. The Morgan fingerprint density at radius 1 is 1.07 bits per heavy atom. The average Bonchev–Trinajstić information content (AvgIpc) is 3.05. The van der Waals surface area contributed by atoms with Gasteiger partial charge in [-0.15, -0.1) is 0 Å². The number of benzene rings is 2. The van der Waals surface area contributed by atoms with Crippen LogP contribution >= 0.6 is 0 Å². The molecule has 0 radical (unpaired) electrons. The molecule has 1 aliphatic carbocycles. The Bertz CT molecular complexity index is 897. The van der Waals surface area contributed by atoms with Crippen LogP contribution in [0.1, 0.15) is 54.5 Å². The molecule has 0 bridgehead atoms. The molecule has 2 aromatic carbocycles. The second-order valence-electron chi connectivity index (χ2n) is 7.82. The lowest BCUT2D eigenvalue weighted by Gasteiger charge is -2.38. The monoisotopic (exact) mass is 398 g/mol. The standard InChI is InChI=1S/C23H27FN2O3/c1-15(29)26-21-8-4-6-17-20(25(11-13-27)12-14-28)10-9-18(22(17)21)23(26)16-5-2-3-7-19(16)24/h2-8,18,20,23,27-28H,9-14H2,1H3. The molecule has 6 heteroatoms. The summed E-state index contributed by atoms with van der Waals surface area (Å²) in [6.45, 7) is 2.53. The Morgan fingerprint density at radius 3 is 2.41 bits per heavy atom. The second kappa shape index (κ2) is 8.22. The molecule has 2 N–H and O–H groups in total. The topological polar surface area (TPSA) is 64.0 Å². The van der Waals surface area contributed by atoms with Gasteiger partial charge in [-0.25, -0.2) is 4.39 Å². The number of halogens is 1. The summed E-state index contributed by atoms with van der Waals surface area (Å²) < 4.78 is 14.7. The van der Waals surface area contributed by atoms with Crippen molar-refractivity contribution in [1.82, 2.24) is 4.90 Å². The molecule has 1 heterocycles. The molecule has 0 saturated carbocycles. The van der Waals surface area contributed by atoms with Crippen LogP contribution in [-0.2, 0) is 4.79 Å². The highest BCUT2D eigenvalue weighted by Gasteiger charge is 2.47. The van der Waals surface area contributed by atoms with Crippen LogP contribution in [0.25, 0.3) is 0 Å². The molecular weight excluding hydrogens is 371 g/mol. The average molecular weight is 398 g/mol. The number of hydrogen-bond acceptors (Lipinski definition) is 4. The maximum atomic E-state index is 14.7. The maximum Gasteiger partial charge on any atom is 0.224 e. The van der Waals surface area contributed by atoms with E-state index in [1.54, 1.807) is 17.0 Å².